The Bertz CT molecular complexity index is 456. The number of amides is 1. The number of ether oxygens (including phenoxy) is 1. The van der Waals surface area contributed by atoms with Gasteiger partial charge in [-0.2, -0.15) is 0 Å². The second-order valence-corrected chi connectivity index (χ2v) is 5.80. The van der Waals surface area contributed by atoms with Crippen molar-refractivity contribution in [1.82, 2.24) is 0 Å². The van der Waals surface area contributed by atoms with Crippen molar-refractivity contribution in [3.8, 4) is 5.75 Å². The molecule has 0 radical (unpaired) electrons. The minimum Gasteiger partial charge on any atom is -0.491 e. The summed E-state index contributed by atoms with van der Waals surface area (Å²) in [4.78, 5) is 11.9. The number of hydrogen-bond donors (Lipinski definition) is 2. The Kier molecular flexibility index (Phi) is 6.02. The van der Waals surface area contributed by atoms with Crippen LogP contribution in [0.15, 0.2) is 18.2 Å². The molecule has 3 N–H and O–H groups in total. The molecule has 0 spiro atoms. The van der Waals surface area contributed by atoms with Gasteiger partial charge in [0.05, 0.1) is 6.10 Å². The lowest BCUT2D eigenvalue weighted by molar-refractivity contribution is -0.116. The first-order valence-corrected chi connectivity index (χ1v) is 7.12. The van der Waals surface area contributed by atoms with Gasteiger partial charge in [-0.3, -0.25) is 4.79 Å². The number of nitrogens with one attached hydrogen (secondary N) is 1. The van der Waals surface area contributed by atoms with Crippen LogP contribution in [-0.4, -0.2) is 18.1 Å². The maximum Gasteiger partial charge on any atom is 0.225 e. The molecular formula is C16H26N2O2. The highest BCUT2D eigenvalue weighted by Crippen LogP contribution is 2.22. The van der Waals surface area contributed by atoms with Gasteiger partial charge in [-0.15, -0.1) is 0 Å². The smallest absolute Gasteiger partial charge is 0.225 e. The average Bonchev–Trinajstić information content (AvgIpc) is 2.31. The highest BCUT2D eigenvalue weighted by Gasteiger charge is 2.14. The quantitative estimate of drug-likeness (QED) is 0.840. The molecule has 4 heteroatoms. The van der Waals surface area contributed by atoms with E-state index in [-0.39, 0.29) is 18.1 Å². The predicted octanol–water partition coefficient (Wildman–Crippen LogP) is 3.09. The van der Waals surface area contributed by atoms with E-state index in [4.69, 9.17) is 10.5 Å². The van der Waals surface area contributed by atoms with Crippen LogP contribution in [0.1, 0.15) is 39.7 Å². The molecule has 1 rings (SSSR count). The minimum absolute atomic E-state index is 0.0492. The summed E-state index contributed by atoms with van der Waals surface area (Å²) >= 11 is 0. The van der Waals surface area contributed by atoms with Gasteiger partial charge in [-0.05, 0) is 50.5 Å². The highest BCUT2D eigenvalue weighted by atomic mass is 16.5. The van der Waals surface area contributed by atoms with Crippen LogP contribution in [0.3, 0.4) is 0 Å². The molecule has 1 unspecified atom stereocenters. The molecule has 4 nitrogen and oxygen atoms in total. The van der Waals surface area contributed by atoms with Gasteiger partial charge in [-0.25, -0.2) is 0 Å². The first-order chi connectivity index (χ1) is 9.29. The van der Waals surface area contributed by atoms with E-state index in [1.807, 2.05) is 52.8 Å². The fourth-order valence-electron chi connectivity index (χ4n) is 1.77. The Hall–Kier alpha value is -1.55. The van der Waals surface area contributed by atoms with E-state index in [9.17, 15) is 4.79 Å². The molecule has 112 valence electrons. The number of nitrogens with two attached hydrogens (primary N) is 1. The Morgan fingerprint density at radius 1 is 1.30 bits per heavy atom. The van der Waals surface area contributed by atoms with E-state index in [1.165, 1.54) is 0 Å². The van der Waals surface area contributed by atoms with Gasteiger partial charge in [0.15, 0.2) is 0 Å². The van der Waals surface area contributed by atoms with Crippen LogP contribution in [-0.2, 0) is 4.79 Å². The molecule has 0 saturated carbocycles. The number of carbonyl (C=O) groups excluding carboxylic acids is 1. The zero-order valence-electron chi connectivity index (χ0n) is 13.1. The van der Waals surface area contributed by atoms with Crippen LogP contribution in [0.5, 0.6) is 5.75 Å². The van der Waals surface area contributed by atoms with E-state index in [2.05, 4.69) is 5.32 Å². The normalized spacial score (nSPS) is 12.6. The molecule has 0 bridgehead atoms. The minimum atomic E-state index is -0.112. The standard InChI is InChI=1S/C16H26N2O2/c1-10(2)14(17)9-16(19)18-15-7-6-13(8-12(15)5)20-11(3)4/h6-8,10-11,14H,9,17H2,1-5H3,(H,18,19). The van der Waals surface area contributed by atoms with E-state index < -0.39 is 0 Å². The lowest BCUT2D eigenvalue weighted by Crippen LogP contribution is -2.31. The molecule has 0 saturated heterocycles. The van der Waals surface area contributed by atoms with Gasteiger partial charge >= 0.3 is 0 Å². The zero-order chi connectivity index (χ0) is 15.3. The monoisotopic (exact) mass is 278 g/mol. The zero-order valence-corrected chi connectivity index (χ0v) is 13.1. The Balaban J connectivity index is 2.66. The number of anilines is 1. The van der Waals surface area contributed by atoms with Gasteiger partial charge in [0.1, 0.15) is 5.75 Å². The lowest BCUT2D eigenvalue weighted by Gasteiger charge is -2.16. The molecule has 0 heterocycles. The van der Waals surface area contributed by atoms with Crippen molar-refractivity contribution in [3.05, 3.63) is 23.8 Å². The van der Waals surface area contributed by atoms with Gasteiger partial charge in [-0.1, -0.05) is 13.8 Å². The van der Waals surface area contributed by atoms with Crippen LogP contribution in [0.2, 0.25) is 0 Å². The summed E-state index contributed by atoms with van der Waals surface area (Å²) < 4.78 is 5.62. The summed E-state index contributed by atoms with van der Waals surface area (Å²) in [5.74, 6) is 1.06. The van der Waals surface area contributed by atoms with E-state index in [0.717, 1.165) is 17.0 Å². The van der Waals surface area contributed by atoms with Crippen molar-refractivity contribution in [3.63, 3.8) is 0 Å². The summed E-state index contributed by atoms with van der Waals surface area (Å²) in [6.45, 7) is 9.95. The lowest BCUT2D eigenvalue weighted by atomic mass is 10.0. The summed E-state index contributed by atoms with van der Waals surface area (Å²) in [5.41, 5.74) is 7.70. The van der Waals surface area contributed by atoms with Crippen molar-refractivity contribution in [2.45, 2.75) is 53.2 Å². The third-order valence-electron chi connectivity index (χ3n) is 3.12. The van der Waals surface area contributed by atoms with E-state index in [1.54, 1.807) is 0 Å². The SMILES string of the molecule is Cc1cc(OC(C)C)ccc1NC(=O)CC(N)C(C)C. The van der Waals surface area contributed by atoms with Crippen LogP contribution < -0.4 is 15.8 Å². The van der Waals surface area contributed by atoms with Crippen LogP contribution in [0, 0.1) is 12.8 Å². The highest BCUT2D eigenvalue weighted by molar-refractivity contribution is 5.91. The summed E-state index contributed by atoms with van der Waals surface area (Å²) in [6, 6.07) is 5.55. The molecule has 1 aromatic rings. The molecule has 0 aliphatic carbocycles. The number of rotatable bonds is 6. The van der Waals surface area contributed by atoms with Gasteiger partial charge in [0.25, 0.3) is 0 Å². The third kappa shape index (κ3) is 5.21. The number of benzene rings is 1. The average molecular weight is 278 g/mol. The Labute approximate surface area is 121 Å². The molecule has 1 amide bonds. The van der Waals surface area contributed by atoms with Crippen molar-refractivity contribution in [2.75, 3.05) is 5.32 Å². The number of hydrogen-bond acceptors (Lipinski definition) is 3. The van der Waals surface area contributed by atoms with Gasteiger partial charge in [0.2, 0.25) is 5.91 Å². The predicted molar refractivity (Wildman–Crippen MR) is 83.0 cm³/mol. The first kappa shape index (κ1) is 16.5. The summed E-state index contributed by atoms with van der Waals surface area (Å²) in [6.07, 6.45) is 0.473. The van der Waals surface area contributed by atoms with E-state index >= 15 is 0 Å². The molecule has 1 atom stereocenters. The maximum absolute atomic E-state index is 11.9. The van der Waals surface area contributed by atoms with Crippen molar-refractivity contribution in [1.29, 1.82) is 0 Å². The number of carbonyl (C=O) groups is 1. The second kappa shape index (κ2) is 7.29. The van der Waals surface area contributed by atoms with Crippen LogP contribution in [0.25, 0.3) is 0 Å². The fraction of sp³-hybridized carbons (Fsp3) is 0.562. The first-order valence-electron chi connectivity index (χ1n) is 7.12. The molecule has 20 heavy (non-hydrogen) atoms. The summed E-state index contributed by atoms with van der Waals surface area (Å²) in [7, 11) is 0. The molecule has 0 aliphatic heterocycles. The Morgan fingerprint density at radius 2 is 1.95 bits per heavy atom. The largest absolute Gasteiger partial charge is 0.491 e. The van der Waals surface area contributed by atoms with Gasteiger partial charge in [0, 0.05) is 18.2 Å². The maximum atomic E-state index is 11.9. The molecule has 0 fully saturated rings. The fourth-order valence-corrected chi connectivity index (χ4v) is 1.77. The topological polar surface area (TPSA) is 64.3 Å². The molecule has 0 aromatic heterocycles. The molecule has 0 aliphatic rings. The Morgan fingerprint density at radius 3 is 2.45 bits per heavy atom. The van der Waals surface area contributed by atoms with Crippen LogP contribution >= 0.6 is 0 Å². The van der Waals surface area contributed by atoms with Crippen molar-refractivity contribution >= 4 is 11.6 Å². The molecular weight excluding hydrogens is 252 g/mol. The third-order valence-corrected chi connectivity index (χ3v) is 3.12. The second-order valence-electron chi connectivity index (χ2n) is 5.80. The molecule has 1 aromatic carbocycles. The number of aryl methyl sites for hydroxylation is 1. The van der Waals surface area contributed by atoms with Crippen molar-refractivity contribution in [2.24, 2.45) is 11.7 Å². The van der Waals surface area contributed by atoms with Crippen LogP contribution in [0.4, 0.5) is 5.69 Å². The van der Waals surface area contributed by atoms with Crippen molar-refractivity contribution < 1.29 is 9.53 Å². The van der Waals surface area contributed by atoms with Gasteiger partial charge < -0.3 is 15.8 Å². The van der Waals surface area contributed by atoms with E-state index in [0.29, 0.717) is 12.3 Å². The summed E-state index contributed by atoms with van der Waals surface area (Å²) in [5, 5.41) is 2.90.